The molecule has 4 nitrogen and oxygen atoms in total. The Labute approximate surface area is 115 Å². The third-order valence-electron chi connectivity index (χ3n) is 3.36. The third kappa shape index (κ3) is 4.97. The average Bonchev–Trinajstić information content (AvgIpc) is 3.13. The second-order valence-corrected chi connectivity index (χ2v) is 4.91. The van der Waals surface area contributed by atoms with Gasteiger partial charge < -0.3 is 13.9 Å². The first kappa shape index (κ1) is 14.6. The molecule has 1 aromatic rings. The van der Waals surface area contributed by atoms with E-state index in [1.54, 1.807) is 6.26 Å². The van der Waals surface area contributed by atoms with E-state index in [0.29, 0.717) is 19.3 Å². The average molecular weight is 267 g/mol. The maximum Gasteiger partial charge on any atom is 0.158 e. The molecule has 0 aromatic carbocycles. The van der Waals surface area contributed by atoms with E-state index in [4.69, 9.17) is 13.9 Å². The molecule has 0 saturated heterocycles. The van der Waals surface area contributed by atoms with Gasteiger partial charge >= 0.3 is 0 Å². The molecule has 1 aliphatic carbocycles. The monoisotopic (exact) mass is 267 g/mol. The Hall–Kier alpha value is -0.840. The van der Waals surface area contributed by atoms with Gasteiger partial charge in [-0.3, -0.25) is 4.90 Å². The molecule has 1 aromatic heterocycles. The van der Waals surface area contributed by atoms with Gasteiger partial charge in [-0.05, 0) is 38.8 Å². The Balaban J connectivity index is 1.79. The second-order valence-electron chi connectivity index (χ2n) is 4.91. The highest BCUT2D eigenvalue weighted by Crippen LogP contribution is 2.28. The Bertz CT molecular complexity index is 329. The van der Waals surface area contributed by atoms with E-state index in [-0.39, 0.29) is 6.29 Å². The Morgan fingerprint density at radius 3 is 2.58 bits per heavy atom. The molecule has 0 amide bonds. The fourth-order valence-electron chi connectivity index (χ4n) is 2.29. The number of ether oxygens (including phenoxy) is 2. The van der Waals surface area contributed by atoms with Crippen LogP contribution in [0.25, 0.3) is 0 Å². The Kier molecular flexibility index (Phi) is 5.89. The van der Waals surface area contributed by atoms with Gasteiger partial charge in [0.25, 0.3) is 0 Å². The van der Waals surface area contributed by atoms with Crippen molar-refractivity contribution >= 4 is 0 Å². The topological polar surface area (TPSA) is 34.8 Å². The normalized spacial score (nSPS) is 15.6. The van der Waals surface area contributed by atoms with E-state index >= 15 is 0 Å². The summed E-state index contributed by atoms with van der Waals surface area (Å²) in [4.78, 5) is 2.48. The summed E-state index contributed by atoms with van der Waals surface area (Å²) in [6, 6.07) is 4.70. The summed E-state index contributed by atoms with van der Waals surface area (Å²) < 4.78 is 16.6. The van der Waals surface area contributed by atoms with Crippen LogP contribution in [-0.4, -0.2) is 37.0 Å². The van der Waals surface area contributed by atoms with Crippen molar-refractivity contribution in [2.75, 3.05) is 19.8 Å². The molecule has 4 heteroatoms. The lowest BCUT2D eigenvalue weighted by atomic mass is 10.3. The van der Waals surface area contributed by atoms with E-state index in [2.05, 4.69) is 4.90 Å². The first-order valence-electron chi connectivity index (χ1n) is 7.33. The van der Waals surface area contributed by atoms with Crippen molar-refractivity contribution in [2.24, 2.45) is 0 Å². The second kappa shape index (κ2) is 7.68. The molecule has 19 heavy (non-hydrogen) atoms. The van der Waals surface area contributed by atoms with Gasteiger partial charge in [-0.2, -0.15) is 0 Å². The third-order valence-corrected chi connectivity index (χ3v) is 3.36. The zero-order chi connectivity index (χ0) is 13.5. The molecule has 1 heterocycles. The van der Waals surface area contributed by atoms with Crippen molar-refractivity contribution < 1.29 is 13.9 Å². The van der Waals surface area contributed by atoms with Gasteiger partial charge in [-0.1, -0.05) is 0 Å². The molecule has 1 fully saturated rings. The van der Waals surface area contributed by atoms with E-state index in [1.807, 2.05) is 26.0 Å². The molecule has 0 atom stereocenters. The summed E-state index contributed by atoms with van der Waals surface area (Å²) in [5.74, 6) is 1.04. The van der Waals surface area contributed by atoms with Gasteiger partial charge in [-0.15, -0.1) is 0 Å². The van der Waals surface area contributed by atoms with E-state index in [1.165, 1.54) is 12.8 Å². The van der Waals surface area contributed by atoms with Gasteiger partial charge in [0, 0.05) is 32.2 Å². The standard InChI is InChI=1S/C15H25NO3/c1-3-17-15(18-4-2)9-10-16(13-7-8-13)12-14-6-5-11-19-14/h5-6,11,13,15H,3-4,7-10,12H2,1-2H3. The largest absolute Gasteiger partial charge is 0.468 e. The molecule has 108 valence electrons. The fourth-order valence-corrected chi connectivity index (χ4v) is 2.29. The minimum absolute atomic E-state index is 0.0761. The van der Waals surface area contributed by atoms with Crippen LogP contribution in [0.15, 0.2) is 22.8 Å². The molecule has 0 radical (unpaired) electrons. The molecule has 0 aliphatic heterocycles. The summed E-state index contributed by atoms with van der Waals surface area (Å²) in [6.45, 7) is 7.30. The molecule has 1 aliphatic rings. The predicted octanol–water partition coefficient (Wildman–Crippen LogP) is 3.03. The zero-order valence-electron chi connectivity index (χ0n) is 12.0. The lowest BCUT2D eigenvalue weighted by Gasteiger charge is -2.24. The molecule has 0 bridgehead atoms. The summed E-state index contributed by atoms with van der Waals surface area (Å²) in [6.07, 6.45) is 5.18. The van der Waals surface area contributed by atoms with Gasteiger partial charge in [0.2, 0.25) is 0 Å². The lowest BCUT2D eigenvalue weighted by molar-refractivity contribution is -0.142. The van der Waals surface area contributed by atoms with E-state index in [0.717, 1.165) is 25.3 Å². The van der Waals surface area contributed by atoms with Crippen molar-refractivity contribution in [1.29, 1.82) is 0 Å². The minimum Gasteiger partial charge on any atom is -0.468 e. The lowest BCUT2D eigenvalue weighted by Crippen LogP contribution is -2.30. The SMILES string of the molecule is CCOC(CCN(Cc1ccco1)C1CC1)OCC. The van der Waals surface area contributed by atoms with Crippen LogP contribution in [0.5, 0.6) is 0 Å². The van der Waals surface area contributed by atoms with Crippen LogP contribution in [-0.2, 0) is 16.0 Å². The molecular formula is C15H25NO3. The first-order chi connectivity index (χ1) is 9.33. The van der Waals surface area contributed by atoms with Gasteiger partial charge in [-0.25, -0.2) is 0 Å². The van der Waals surface area contributed by atoms with E-state index in [9.17, 15) is 0 Å². The van der Waals surface area contributed by atoms with Crippen molar-refractivity contribution in [3.63, 3.8) is 0 Å². The Morgan fingerprint density at radius 2 is 2.05 bits per heavy atom. The van der Waals surface area contributed by atoms with Crippen LogP contribution >= 0.6 is 0 Å². The number of hydrogen-bond donors (Lipinski definition) is 0. The van der Waals surface area contributed by atoms with Crippen LogP contribution in [0.2, 0.25) is 0 Å². The van der Waals surface area contributed by atoms with Crippen LogP contribution < -0.4 is 0 Å². The first-order valence-corrected chi connectivity index (χ1v) is 7.33. The van der Waals surface area contributed by atoms with E-state index < -0.39 is 0 Å². The summed E-state index contributed by atoms with van der Waals surface area (Å²) >= 11 is 0. The highest BCUT2D eigenvalue weighted by atomic mass is 16.7. The van der Waals surface area contributed by atoms with Crippen LogP contribution in [0, 0.1) is 0 Å². The maximum absolute atomic E-state index is 5.60. The summed E-state index contributed by atoms with van der Waals surface area (Å²) in [5, 5.41) is 0. The van der Waals surface area contributed by atoms with Gasteiger partial charge in [0.15, 0.2) is 6.29 Å². The molecular weight excluding hydrogens is 242 g/mol. The number of furan rings is 1. The quantitative estimate of drug-likeness (QED) is 0.610. The van der Waals surface area contributed by atoms with Crippen molar-refractivity contribution in [3.05, 3.63) is 24.2 Å². The molecule has 0 N–H and O–H groups in total. The number of rotatable bonds is 10. The van der Waals surface area contributed by atoms with Crippen LogP contribution in [0.4, 0.5) is 0 Å². The highest BCUT2D eigenvalue weighted by molar-refractivity contribution is 4.99. The minimum atomic E-state index is -0.0761. The number of hydrogen-bond acceptors (Lipinski definition) is 4. The van der Waals surface area contributed by atoms with Crippen LogP contribution in [0.3, 0.4) is 0 Å². The van der Waals surface area contributed by atoms with Crippen molar-refractivity contribution in [3.8, 4) is 0 Å². The summed E-state index contributed by atoms with van der Waals surface area (Å²) in [5.41, 5.74) is 0. The fraction of sp³-hybridized carbons (Fsp3) is 0.733. The molecule has 2 rings (SSSR count). The summed E-state index contributed by atoms with van der Waals surface area (Å²) in [7, 11) is 0. The number of nitrogens with zero attached hydrogens (tertiary/aromatic N) is 1. The predicted molar refractivity (Wildman–Crippen MR) is 73.8 cm³/mol. The van der Waals surface area contributed by atoms with Gasteiger partial charge in [0.05, 0.1) is 12.8 Å². The highest BCUT2D eigenvalue weighted by Gasteiger charge is 2.29. The molecule has 1 saturated carbocycles. The molecule has 0 unspecified atom stereocenters. The maximum atomic E-state index is 5.60. The van der Waals surface area contributed by atoms with Crippen molar-refractivity contribution in [2.45, 2.75) is 52.0 Å². The van der Waals surface area contributed by atoms with Crippen LogP contribution in [0.1, 0.15) is 38.9 Å². The zero-order valence-corrected chi connectivity index (χ0v) is 12.0. The smallest absolute Gasteiger partial charge is 0.158 e. The Morgan fingerprint density at radius 1 is 1.32 bits per heavy atom. The van der Waals surface area contributed by atoms with Gasteiger partial charge in [0.1, 0.15) is 5.76 Å². The molecule has 0 spiro atoms. The van der Waals surface area contributed by atoms with Crippen molar-refractivity contribution in [1.82, 2.24) is 4.90 Å².